The molecule has 0 aliphatic carbocycles. The van der Waals surface area contributed by atoms with Crippen LogP contribution in [0.1, 0.15) is 19.8 Å². The van der Waals surface area contributed by atoms with E-state index in [1.807, 2.05) is 0 Å². The van der Waals surface area contributed by atoms with Gasteiger partial charge in [0.25, 0.3) is 0 Å². The number of rotatable bonds is 6. The highest BCUT2D eigenvalue weighted by Crippen LogP contribution is 2.05. The van der Waals surface area contributed by atoms with Gasteiger partial charge in [-0.3, -0.25) is 0 Å². The molecule has 0 radical (unpaired) electrons. The molecule has 84 valence electrons. The first-order valence-electron chi connectivity index (χ1n) is 5.79. The van der Waals surface area contributed by atoms with Gasteiger partial charge in [0.15, 0.2) is 0 Å². The van der Waals surface area contributed by atoms with Crippen molar-refractivity contribution in [1.29, 1.82) is 0 Å². The van der Waals surface area contributed by atoms with Crippen LogP contribution in [0, 0.1) is 0 Å². The largest absolute Gasteiger partial charge is 0.314 e. The van der Waals surface area contributed by atoms with E-state index in [2.05, 4.69) is 36.1 Å². The van der Waals surface area contributed by atoms with Gasteiger partial charge in [0.1, 0.15) is 0 Å². The predicted octanol–water partition coefficient (Wildman–Crippen LogP) is 0.622. The number of nitrogens with one attached hydrogen (secondary N) is 1. The fraction of sp³-hybridized carbons (Fsp3) is 1.00. The second kappa shape index (κ2) is 6.38. The smallest absolute Gasteiger partial charge is 0.0186 e. The zero-order valence-corrected chi connectivity index (χ0v) is 9.92. The second-order valence-electron chi connectivity index (χ2n) is 4.57. The van der Waals surface area contributed by atoms with Gasteiger partial charge < -0.3 is 15.1 Å². The van der Waals surface area contributed by atoms with Crippen LogP contribution in [0.4, 0.5) is 0 Å². The van der Waals surface area contributed by atoms with Crippen molar-refractivity contribution < 1.29 is 0 Å². The van der Waals surface area contributed by atoms with Crippen molar-refractivity contribution >= 4 is 0 Å². The first-order valence-corrected chi connectivity index (χ1v) is 5.79. The summed E-state index contributed by atoms with van der Waals surface area (Å²) in [4.78, 5) is 4.80. The van der Waals surface area contributed by atoms with Gasteiger partial charge in [0.2, 0.25) is 0 Å². The molecule has 1 aliphatic heterocycles. The standard InChI is InChI=1S/C11H25N3/c1-11(13(2)3)10-12-6-9-14-7-4-5-8-14/h11-12H,4-10H2,1-3H3. The topological polar surface area (TPSA) is 18.5 Å². The highest BCUT2D eigenvalue weighted by atomic mass is 15.2. The van der Waals surface area contributed by atoms with Crippen LogP contribution in [0.3, 0.4) is 0 Å². The molecule has 1 N–H and O–H groups in total. The quantitative estimate of drug-likeness (QED) is 0.633. The molecule has 1 atom stereocenters. The molecular weight excluding hydrogens is 174 g/mol. The highest BCUT2D eigenvalue weighted by Gasteiger charge is 2.10. The van der Waals surface area contributed by atoms with Crippen molar-refractivity contribution in [3.8, 4) is 0 Å². The van der Waals surface area contributed by atoms with Crippen molar-refractivity contribution in [2.75, 3.05) is 46.8 Å². The third-order valence-corrected chi connectivity index (χ3v) is 3.12. The van der Waals surface area contributed by atoms with E-state index in [1.54, 1.807) is 0 Å². The Morgan fingerprint density at radius 2 is 1.93 bits per heavy atom. The van der Waals surface area contributed by atoms with E-state index >= 15 is 0 Å². The molecule has 3 nitrogen and oxygen atoms in total. The van der Waals surface area contributed by atoms with Crippen LogP contribution in [0.5, 0.6) is 0 Å². The van der Waals surface area contributed by atoms with E-state index in [0.29, 0.717) is 6.04 Å². The molecule has 0 bridgehead atoms. The Bertz CT molecular complexity index is 137. The van der Waals surface area contributed by atoms with Crippen molar-refractivity contribution in [1.82, 2.24) is 15.1 Å². The maximum absolute atomic E-state index is 3.51. The van der Waals surface area contributed by atoms with Crippen molar-refractivity contribution in [3.63, 3.8) is 0 Å². The summed E-state index contributed by atoms with van der Waals surface area (Å²) in [6, 6.07) is 0.633. The second-order valence-corrected chi connectivity index (χ2v) is 4.57. The van der Waals surface area contributed by atoms with Gasteiger partial charge in [0.05, 0.1) is 0 Å². The Hall–Kier alpha value is -0.120. The Kier molecular flexibility index (Phi) is 5.45. The van der Waals surface area contributed by atoms with E-state index in [-0.39, 0.29) is 0 Å². The summed E-state index contributed by atoms with van der Waals surface area (Å²) in [5.41, 5.74) is 0. The summed E-state index contributed by atoms with van der Waals surface area (Å²) < 4.78 is 0. The molecule has 14 heavy (non-hydrogen) atoms. The lowest BCUT2D eigenvalue weighted by molar-refractivity contribution is 0.289. The van der Waals surface area contributed by atoms with Gasteiger partial charge in [0, 0.05) is 25.7 Å². The average molecular weight is 199 g/mol. The van der Waals surface area contributed by atoms with Crippen LogP contribution in [0.15, 0.2) is 0 Å². The molecule has 1 heterocycles. The molecular formula is C11H25N3. The van der Waals surface area contributed by atoms with Crippen LogP contribution in [-0.2, 0) is 0 Å². The van der Waals surface area contributed by atoms with Crippen LogP contribution in [0.25, 0.3) is 0 Å². The highest BCUT2D eigenvalue weighted by molar-refractivity contribution is 4.68. The van der Waals surface area contributed by atoms with Crippen molar-refractivity contribution in [2.24, 2.45) is 0 Å². The Morgan fingerprint density at radius 1 is 1.29 bits per heavy atom. The monoisotopic (exact) mass is 199 g/mol. The summed E-state index contributed by atoms with van der Waals surface area (Å²) in [6.07, 6.45) is 2.79. The molecule has 3 heteroatoms. The lowest BCUT2D eigenvalue weighted by atomic mass is 10.3. The SMILES string of the molecule is CC(CNCCN1CCCC1)N(C)C. The number of hydrogen-bond donors (Lipinski definition) is 1. The molecule has 0 spiro atoms. The van der Waals surface area contributed by atoms with Crippen LogP contribution < -0.4 is 5.32 Å². The fourth-order valence-corrected chi connectivity index (χ4v) is 1.74. The van der Waals surface area contributed by atoms with E-state index in [9.17, 15) is 0 Å². The number of likely N-dealkylation sites (N-methyl/N-ethyl adjacent to an activating group) is 1. The van der Waals surface area contributed by atoms with Gasteiger partial charge in [-0.2, -0.15) is 0 Å². The van der Waals surface area contributed by atoms with Crippen LogP contribution in [0.2, 0.25) is 0 Å². The third-order valence-electron chi connectivity index (χ3n) is 3.12. The zero-order chi connectivity index (χ0) is 10.4. The van der Waals surface area contributed by atoms with Gasteiger partial charge in [-0.25, -0.2) is 0 Å². The maximum Gasteiger partial charge on any atom is 0.0186 e. The van der Waals surface area contributed by atoms with Gasteiger partial charge in [-0.15, -0.1) is 0 Å². The van der Waals surface area contributed by atoms with E-state index in [4.69, 9.17) is 0 Å². The molecule has 0 saturated carbocycles. The summed E-state index contributed by atoms with van der Waals surface area (Å²) in [6.45, 7) is 8.33. The molecule has 0 aromatic heterocycles. The lowest BCUT2D eigenvalue weighted by Crippen LogP contribution is -2.38. The maximum atomic E-state index is 3.51. The Labute approximate surface area is 88.5 Å². The number of likely N-dealkylation sites (tertiary alicyclic amines) is 1. The molecule has 1 rings (SSSR count). The minimum Gasteiger partial charge on any atom is -0.314 e. The van der Waals surface area contributed by atoms with E-state index in [0.717, 1.165) is 13.1 Å². The van der Waals surface area contributed by atoms with Gasteiger partial charge >= 0.3 is 0 Å². The molecule has 0 aromatic rings. The third kappa shape index (κ3) is 4.40. The minimum absolute atomic E-state index is 0.633. The summed E-state index contributed by atoms with van der Waals surface area (Å²) in [5.74, 6) is 0. The average Bonchev–Trinajstić information content (AvgIpc) is 2.64. The number of nitrogens with zero attached hydrogens (tertiary/aromatic N) is 2. The van der Waals surface area contributed by atoms with E-state index < -0.39 is 0 Å². The fourth-order valence-electron chi connectivity index (χ4n) is 1.74. The Morgan fingerprint density at radius 3 is 2.50 bits per heavy atom. The van der Waals surface area contributed by atoms with Crippen molar-refractivity contribution in [2.45, 2.75) is 25.8 Å². The predicted molar refractivity (Wildman–Crippen MR) is 61.7 cm³/mol. The lowest BCUT2D eigenvalue weighted by Gasteiger charge is -2.21. The summed E-state index contributed by atoms with van der Waals surface area (Å²) in [7, 11) is 4.26. The van der Waals surface area contributed by atoms with Crippen LogP contribution >= 0.6 is 0 Å². The van der Waals surface area contributed by atoms with E-state index in [1.165, 1.54) is 32.5 Å². The van der Waals surface area contributed by atoms with Gasteiger partial charge in [-0.05, 0) is 47.0 Å². The number of hydrogen-bond acceptors (Lipinski definition) is 3. The zero-order valence-electron chi connectivity index (χ0n) is 9.92. The minimum atomic E-state index is 0.633. The van der Waals surface area contributed by atoms with Crippen molar-refractivity contribution in [3.05, 3.63) is 0 Å². The Balaban J connectivity index is 1.93. The molecule has 1 saturated heterocycles. The molecule has 0 aromatic carbocycles. The molecule has 1 fully saturated rings. The molecule has 1 unspecified atom stereocenters. The normalized spacial score (nSPS) is 20.6. The molecule has 0 amide bonds. The van der Waals surface area contributed by atoms with Gasteiger partial charge in [-0.1, -0.05) is 0 Å². The first kappa shape index (κ1) is 12.0. The summed E-state index contributed by atoms with van der Waals surface area (Å²) >= 11 is 0. The first-order chi connectivity index (χ1) is 6.70. The summed E-state index contributed by atoms with van der Waals surface area (Å²) in [5, 5.41) is 3.51. The van der Waals surface area contributed by atoms with Crippen LogP contribution in [-0.4, -0.2) is 62.7 Å². The molecule has 1 aliphatic rings.